The van der Waals surface area contributed by atoms with Crippen molar-refractivity contribution in [1.82, 2.24) is 0 Å². The molecule has 0 radical (unpaired) electrons. The molecule has 0 aliphatic rings. The largest absolute Gasteiger partial charge is 0.481 e. The number of hydrogen-bond donors (Lipinski definition) is 1. The van der Waals surface area contributed by atoms with Gasteiger partial charge in [-0.05, 0) is 13.3 Å². The van der Waals surface area contributed by atoms with Crippen molar-refractivity contribution in [2.75, 3.05) is 0 Å². The van der Waals surface area contributed by atoms with Crippen molar-refractivity contribution in [3.05, 3.63) is 0 Å². The minimum Gasteiger partial charge on any atom is -0.481 e. The summed E-state index contributed by atoms with van der Waals surface area (Å²) in [6.07, 6.45) is 7.21. The van der Waals surface area contributed by atoms with Crippen LogP contribution >= 0.6 is 0 Å². The van der Waals surface area contributed by atoms with Crippen LogP contribution in [0.25, 0.3) is 0 Å². The first kappa shape index (κ1) is 18.0. The molecule has 4 heteroatoms. The first-order chi connectivity index (χ1) is 7.09. The number of unbranched alkanes of at least 4 members (excludes halogenated alkanes) is 5. The third-order valence-corrected chi connectivity index (χ3v) is 2.64. The van der Waals surface area contributed by atoms with E-state index in [9.17, 15) is 9.59 Å². The van der Waals surface area contributed by atoms with E-state index in [0.29, 0.717) is 6.42 Å². The Morgan fingerprint density at radius 2 is 1.56 bits per heavy atom. The summed E-state index contributed by atoms with van der Waals surface area (Å²) in [7, 11) is 0. The number of ketones is 1. The van der Waals surface area contributed by atoms with Crippen molar-refractivity contribution in [3.63, 3.8) is 0 Å². The Balaban J connectivity index is 0. The minimum atomic E-state index is -0.976. The fourth-order valence-corrected chi connectivity index (χ4v) is 1.63. The van der Waals surface area contributed by atoms with E-state index in [-0.39, 0.29) is 22.3 Å². The third kappa shape index (κ3) is 8.90. The van der Waals surface area contributed by atoms with Crippen LogP contribution in [0, 0.1) is 5.92 Å². The predicted octanol–water partition coefficient (Wildman–Crippen LogP) is 3.02. The maximum Gasteiger partial charge on any atom is 0.314 e. The maximum atomic E-state index is 11.0. The fraction of sp³-hybridized carbons (Fsp3) is 0.833. The molecule has 0 rings (SSSR count). The average molecular weight is 273 g/mol. The number of carbonyl (C=O) groups excluding carboxylic acids is 1. The van der Waals surface area contributed by atoms with E-state index in [2.05, 4.69) is 6.92 Å². The number of carboxylic acid groups (broad SMARTS) is 1. The van der Waals surface area contributed by atoms with E-state index >= 15 is 0 Å². The van der Waals surface area contributed by atoms with E-state index in [0.717, 1.165) is 19.3 Å². The number of rotatable bonds is 9. The van der Waals surface area contributed by atoms with Gasteiger partial charge in [-0.3, -0.25) is 9.59 Å². The molecule has 0 bridgehead atoms. The van der Waals surface area contributed by atoms with Gasteiger partial charge in [0.15, 0.2) is 0 Å². The topological polar surface area (TPSA) is 54.4 Å². The summed E-state index contributed by atoms with van der Waals surface area (Å²) in [5.74, 6) is -1.98. The summed E-state index contributed by atoms with van der Waals surface area (Å²) < 4.78 is 0. The van der Waals surface area contributed by atoms with Gasteiger partial charge in [-0.2, -0.15) is 0 Å². The molecule has 0 aliphatic heterocycles. The molecule has 0 aromatic rings. The Hall–Kier alpha value is -0.366. The molecule has 0 spiro atoms. The molecule has 0 fully saturated rings. The Kier molecular flexibility index (Phi) is 12.5. The Bertz CT molecular complexity index is 190. The Morgan fingerprint density at radius 3 is 2.00 bits per heavy atom. The predicted molar refractivity (Wildman–Crippen MR) is 59.8 cm³/mol. The molecule has 1 N–H and O–H groups in total. The van der Waals surface area contributed by atoms with Crippen LogP contribution < -0.4 is 0 Å². The summed E-state index contributed by atoms with van der Waals surface area (Å²) in [6, 6.07) is 0. The maximum absolute atomic E-state index is 11.0. The smallest absolute Gasteiger partial charge is 0.314 e. The summed E-state index contributed by atoms with van der Waals surface area (Å²) in [6.45, 7) is 3.52. The molecule has 0 saturated carbocycles. The van der Waals surface area contributed by atoms with Gasteiger partial charge < -0.3 is 5.11 Å². The molecular formula is C12H22NiO3. The van der Waals surface area contributed by atoms with Crippen LogP contribution in [0.1, 0.15) is 58.8 Å². The van der Waals surface area contributed by atoms with Crippen molar-refractivity contribution in [2.24, 2.45) is 5.92 Å². The number of carboxylic acids is 1. The second-order valence-electron chi connectivity index (χ2n) is 4.06. The average Bonchev–Trinajstić information content (AvgIpc) is 2.15. The monoisotopic (exact) mass is 272 g/mol. The summed E-state index contributed by atoms with van der Waals surface area (Å²) in [5.41, 5.74) is 0. The zero-order valence-corrected chi connectivity index (χ0v) is 11.1. The van der Waals surface area contributed by atoms with Crippen molar-refractivity contribution >= 4 is 11.8 Å². The Morgan fingerprint density at radius 1 is 1.06 bits per heavy atom. The standard InChI is InChI=1S/C12H22O3.Ni/c1-3-4-5-6-7-8-9-11(10(2)13)12(14)15;/h11H,3-9H2,1-2H3,(H,14,15);. The number of carbonyl (C=O) groups is 2. The molecule has 1 atom stereocenters. The first-order valence-electron chi connectivity index (χ1n) is 5.82. The fourth-order valence-electron chi connectivity index (χ4n) is 1.63. The number of Topliss-reactive ketones (excluding diaryl/α,β-unsaturated/α-hetero) is 1. The van der Waals surface area contributed by atoms with E-state index in [1.165, 1.54) is 26.2 Å². The molecule has 3 nitrogen and oxygen atoms in total. The number of hydrogen-bond acceptors (Lipinski definition) is 2. The second-order valence-corrected chi connectivity index (χ2v) is 4.06. The molecule has 0 heterocycles. The molecule has 98 valence electrons. The third-order valence-electron chi connectivity index (χ3n) is 2.64. The summed E-state index contributed by atoms with van der Waals surface area (Å²) in [5, 5.41) is 8.76. The summed E-state index contributed by atoms with van der Waals surface area (Å²) in [4.78, 5) is 21.7. The van der Waals surface area contributed by atoms with E-state index in [1.54, 1.807) is 0 Å². The van der Waals surface area contributed by atoms with Gasteiger partial charge in [0, 0.05) is 16.5 Å². The van der Waals surface area contributed by atoms with Crippen LogP contribution in [0.2, 0.25) is 0 Å². The van der Waals surface area contributed by atoms with Gasteiger partial charge in [0.05, 0.1) is 0 Å². The molecule has 0 aromatic carbocycles. The Labute approximate surface area is 108 Å². The molecular weight excluding hydrogens is 251 g/mol. The van der Waals surface area contributed by atoms with Crippen LogP contribution in [0.5, 0.6) is 0 Å². The second kappa shape index (κ2) is 11.1. The van der Waals surface area contributed by atoms with Crippen LogP contribution in [-0.2, 0) is 26.1 Å². The molecule has 0 aliphatic carbocycles. The van der Waals surface area contributed by atoms with Gasteiger partial charge in [-0.25, -0.2) is 0 Å². The van der Waals surface area contributed by atoms with E-state index in [1.807, 2.05) is 0 Å². The van der Waals surface area contributed by atoms with Gasteiger partial charge >= 0.3 is 5.97 Å². The van der Waals surface area contributed by atoms with Crippen molar-refractivity contribution < 1.29 is 31.2 Å². The van der Waals surface area contributed by atoms with Gasteiger partial charge in [0.25, 0.3) is 0 Å². The van der Waals surface area contributed by atoms with Crippen LogP contribution in [0.4, 0.5) is 0 Å². The SMILES string of the molecule is CCCCCCCCC(C(C)=O)C(=O)O.[Ni]. The molecule has 0 saturated heterocycles. The minimum absolute atomic E-state index is 0. The quantitative estimate of drug-likeness (QED) is 0.399. The van der Waals surface area contributed by atoms with Crippen molar-refractivity contribution in [1.29, 1.82) is 0 Å². The normalized spacial score (nSPS) is 11.6. The molecule has 0 amide bonds. The van der Waals surface area contributed by atoms with E-state index in [4.69, 9.17) is 5.11 Å². The molecule has 16 heavy (non-hydrogen) atoms. The number of aliphatic carboxylic acids is 1. The zero-order valence-electron chi connectivity index (χ0n) is 10.1. The van der Waals surface area contributed by atoms with Gasteiger partial charge in [-0.1, -0.05) is 45.4 Å². The van der Waals surface area contributed by atoms with Crippen LogP contribution in [-0.4, -0.2) is 16.9 Å². The van der Waals surface area contributed by atoms with Crippen LogP contribution in [0.15, 0.2) is 0 Å². The zero-order chi connectivity index (χ0) is 11.7. The van der Waals surface area contributed by atoms with Crippen molar-refractivity contribution in [3.8, 4) is 0 Å². The first-order valence-corrected chi connectivity index (χ1v) is 5.82. The molecule has 1 unspecified atom stereocenters. The summed E-state index contributed by atoms with van der Waals surface area (Å²) >= 11 is 0. The van der Waals surface area contributed by atoms with Gasteiger partial charge in [-0.15, -0.1) is 0 Å². The van der Waals surface area contributed by atoms with Gasteiger partial charge in [0.2, 0.25) is 0 Å². The van der Waals surface area contributed by atoms with E-state index < -0.39 is 11.9 Å². The van der Waals surface area contributed by atoms with Crippen LogP contribution in [0.3, 0.4) is 0 Å². The van der Waals surface area contributed by atoms with Crippen molar-refractivity contribution in [2.45, 2.75) is 58.8 Å². The van der Waals surface area contributed by atoms with Gasteiger partial charge in [0.1, 0.15) is 11.7 Å². The molecule has 0 aromatic heterocycles.